The smallest absolute Gasteiger partial charge is 0.102 e. The zero-order valence-electron chi connectivity index (χ0n) is 9.76. The average molecular weight is 296 g/mol. The third-order valence-electron chi connectivity index (χ3n) is 2.31. The first-order chi connectivity index (χ1) is 7.95. The van der Waals surface area contributed by atoms with Crippen LogP contribution in [0.25, 0.3) is 0 Å². The van der Waals surface area contributed by atoms with Crippen LogP contribution in [0, 0.1) is 0 Å². The van der Waals surface area contributed by atoms with Crippen LogP contribution in [0.15, 0.2) is 29.0 Å². The number of hydrogen-bond acceptors (Lipinski definition) is 4. The van der Waals surface area contributed by atoms with Gasteiger partial charge >= 0.3 is 0 Å². The summed E-state index contributed by atoms with van der Waals surface area (Å²) in [5.74, 6) is 0. The van der Waals surface area contributed by atoms with Crippen LogP contribution in [0.1, 0.15) is 25.2 Å². The number of rotatable bonds is 3. The van der Waals surface area contributed by atoms with E-state index in [1.165, 1.54) is 0 Å². The normalized spacial score (nSPS) is 11.8. The van der Waals surface area contributed by atoms with Gasteiger partial charge in [-0.15, -0.1) is 5.10 Å². The van der Waals surface area contributed by atoms with Crippen molar-refractivity contribution in [2.45, 2.75) is 25.9 Å². The molecule has 0 saturated carbocycles. The summed E-state index contributed by atoms with van der Waals surface area (Å²) >= 11 is 3.35. The van der Waals surface area contributed by atoms with E-state index in [1.54, 1.807) is 10.9 Å². The van der Waals surface area contributed by atoms with Crippen LogP contribution in [0.2, 0.25) is 0 Å². The van der Waals surface area contributed by atoms with Gasteiger partial charge in [-0.05, 0) is 41.9 Å². The Hall–Kier alpha value is -1.27. The first kappa shape index (κ1) is 12.2. The standard InChI is InChI=1S/C11H14BrN5/c1-11(2,13)10-7-17(16-15-10)6-9-4-3-8(12)5-14-9/h3-5,7H,6,13H2,1-2H3. The number of halogens is 1. The van der Waals surface area contributed by atoms with E-state index in [1.807, 2.05) is 32.2 Å². The molecule has 0 aromatic carbocycles. The molecule has 2 aromatic heterocycles. The van der Waals surface area contributed by atoms with E-state index >= 15 is 0 Å². The highest BCUT2D eigenvalue weighted by molar-refractivity contribution is 9.10. The molecular formula is C11H14BrN5. The monoisotopic (exact) mass is 295 g/mol. The number of nitrogens with zero attached hydrogens (tertiary/aromatic N) is 4. The van der Waals surface area contributed by atoms with Crippen LogP contribution in [-0.4, -0.2) is 20.0 Å². The Labute approximate surface area is 108 Å². The van der Waals surface area contributed by atoms with E-state index in [9.17, 15) is 0 Å². The van der Waals surface area contributed by atoms with Crippen LogP contribution < -0.4 is 5.73 Å². The molecule has 0 aliphatic rings. The van der Waals surface area contributed by atoms with Crippen molar-refractivity contribution in [1.29, 1.82) is 0 Å². The molecule has 2 rings (SSSR count). The first-order valence-corrected chi connectivity index (χ1v) is 6.04. The van der Waals surface area contributed by atoms with E-state index < -0.39 is 5.54 Å². The van der Waals surface area contributed by atoms with Crippen molar-refractivity contribution in [3.05, 3.63) is 40.4 Å². The van der Waals surface area contributed by atoms with Gasteiger partial charge in [0.15, 0.2) is 0 Å². The van der Waals surface area contributed by atoms with Gasteiger partial charge in [-0.1, -0.05) is 5.21 Å². The van der Waals surface area contributed by atoms with Crippen LogP contribution in [-0.2, 0) is 12.1 Å². The predicted molar refractivity (Wildman–Crippen MR) is 68.3 cm³/mol. The summed E-state index contributed by atoms with van der Waals surface area (Å²) in [6, 6.07) is 3.89. The third-order valence-corrected chi connectivity index (χ3v) is 2.78. The van der Waals surface area contributed by atoms with Gasteiger partial charge in [0.25, 0.3) is 0 Å². The fourth-order valence-electron chi connectivity index (χ4n) is 1.34. The fraction of sp³-hybridized carbons (Fsp3) is 0.364. The molecule has 0 atom stereocenters. The van der Waals surface area contributed by atoms with E-state index in [0.717, 1.165) is 15.9 Å². The number of hydrogen-bond donors (Lipinski definition) is 1. The molecule has 0 bridgehead atoms. The minimum Gasteiger partial charge on any atom is -0.320 e. The molecule has 0 spiro atoms. The Bertz CT molecular complexity index is 497. The minimum absolute atomic E-state index is 0.467. The number of pyridine rings is 1. The van der Waals surface area contributed by atoms with Crippen molar-refractivity contribution in [1.82, 2.24) is 20.0 Å². The predicted octanol–water partition coefficient (Wildman–Crippen LogP) is 1.68. The van der Waals surface area contributed by atoms with Crippen molar-refractivity contribution in [3.8, 4) is 0 Å². The molecule has 0 amide bonds. The Kier molecular flexibility index (Phi) is 3.26. The molecular weight excluding hydrogens is 282 g/mol. The van der Waals surface area contributed by atoms with Crippen molar-refractivity contribution >= 4 is 15.9 Å². The number of nitrogens with two attached hydrogens (primary N) is 1. The molecule has 2 heterocycles. The van der Waals surface area contributed by atoms with Gasteiger partial charge in [-0.25, -0.2) is 4.68 Å². The van der Waals surface area contributed by atoms with E-state index in [4.69, 9.17) is 5.73 Å². The second-order valence-electron chi connectivity index (χ2n) is 4.49. The van der Waals surface area contributed by atoms with E-state index in [0.29, 0.717) is 6.54 Å². The molecule has 90 valence electrons. The van der Waals surface area contributed by atoms with Crippen LogP contribution in [0.3, 0.4) is 0 Å². The summed E-state index contributed by atoms with van der Waals surface area (Å²) in [6.45, 7) is 4.40. The molecule has 0 fully saturated rings. The Morgan fingerprint density at radius 2 is 2.18 bits per heavy atom. The topological polar surface area (TPSA) is 69.6 Å². The summed E-state index contributed by atoms with van der Waals surface area (Å²) in [6.07, 6.45) is 3.61. The van der Waals surface area contributed by atoms with Gasteiger partial charge in [0.1, 0.15) is 5.69 Å². The van der Waals surface area contributed by atoms with Crippen molar-refractivity contribution < 1.29 is 0 Å². The molecule has 6 heteroatoms. The zero-order valence-corrected chi connectivity index (χ0v) is 11.3. The number of aromatic nitrogens is 4. The molecule has 0 aliphatic carbocycles. The summed E-state index contributed by atoms with van der Waals surface area (Å²) in [5, 5.41) is 8.09. The molecule has 5 nitrogen and oxygen atoms in total. The molecule has 0 radical (unpaired) electrons. The summed E-state index contributed by atoms with van der Waals surface area (Å²) in [5.41, 5.74) is 7.18. The SMILES string of the molecule is CC(C)(N)c1cn(Cc2ccc(Br)cn2)nn1. The maximum Gasteiger partial charge on any atom is 0.102 e. The van der Waals surface area contributed by atoms with Gasteiger partial charge in [-0.2, -0.15) is 0 Å². The highest BCUT2D eigenvalue weighted by Gasteiger charge is 2.18. The van der Waals surface area contributed by atoms with Gasteiger partial charge < -0.3 is 5.73 Å². The van der Waals surface area contributed by atoms with Crippen LogP contribution in [0.5, 0.6) is 0 Å². The quantitative estimate of drug-likeness (QED) is 0.935. The molecule has 2 aromatic rings. The first-order valence-electron chi connectivity index (χ1n) is 5.25. The van der Waals surface area contributed by atoms with Crippen LogP contribution >= 0.6 is 15.9 Å². The Morgan fingerprint density at radius 1 is 1.41 bits per heavy atom. The molecule has 0 unspecified atom stereocenters. The Morgan fingerprint density at radius 3 is 2.71 bits per heavy atom. The average Bonchev–Trinajstić information content (AvgIpc) is 2.69. The van der Waals surface area contributed by atoms with Crippen molar-refractivity contribution in [2.75, 3.05) is 0 Å². The summed E-state index contributed by atoms with van der Waals surface area (Å²) < 4.78 is 2.70. The van der Waals surface area contributed by atoms with Crippen molar-refractivity contribution in [2.24, 2.45) is 5.73 Å². The van der Waals surface area contributed by atoms with E-state index in [2.05, 4.69) is 31.2 Å². The minimum atomic E-state index is -0.467. The Balaban J connectivity index is 2.14. The maximum atomic E-state index is 5.95. The van der Waals surface area contributed by atoms with Crippen molar-refractivity contribution in [3.63, 3.8) is 0 Å². The molecule has 0 aliphatic heterocycles. The highest BCUT2D eigenvalue weighted by Crippen LogP contribution is 2.13. The molecule has 0 saturated heterocycles. The summed E-state index contributed by atoms with van der Waals surface area (Å²) in [4.78, 5) is 4.28. The second kappa shape index (κ2) is 4.54. The van der Waals surface area contributed by atoms with Gasteiger partial charge in [0.05, 0.1) is 24.0 Å². The lowest BCUT2D eigenvalue weighted by Gasteiger charge is -2.13. The van der Waals surface area contributed by atoms with Gasteiger partial charge in [0, 0.05) is 10.7 Å². The third kappa shape index (κ3) is 3.10. The van der Waals surface area contributed by atoms with Gasteiger partial charge in [-0.3, -0.25) is 4.98 Å². The van der Waals surface area contributed by atoms with E-state index in [-0.39, 0.29) is 0 Å². The largest absolute Gasteiger partial charge is 0.320 e. The lowest BCUT2D eigenvalue weighted by molar-refractivity contribution is 0.533. The van der Waals surface area contributed by atoms with Crippen LogP contribution in [0.4, 0.5) is 0 Å². The lowest BCUT2D eigenvalue weighted by atomic mass is 10.0. The summed E-state index contributed by atoms with van der Waals surface area (Å²) in [7, 11) is 0. The fourth-order valence-corrected chi connectivity index (χ4v) is 1.57. The molecule has 17 heavy (non-hydrogen) atoms. The molecule has 2 N–H and O–H groups in total. The zero-order chi connectivity index (χ0) is 12.5. The lowest BCUT2D eigenvalue weighted by Crippen LogP contribution is -2.29. The van der Waals surface area contributed by atoms with Gasteiger partial charge in [0.2, 0.25) is 0 Å². The second-order valence-corrected chi connectivity index (χ2v) is 5.41. The highest BCUT2D eigenvalue weighted by atomic mass is 79.9. The maximum absolute atomic E-state index is 5.95.